The smallest absolute Gasteiger partial charge is 0.263 e. The molecule has 0 unspecified atom stereocenters. The van der Waals surface area contributed by atoms with Crippen LogP contribution < -0.4 is 15.2 Å². The van der Waals surface area contributed by atoms with Crippen molar-refractivity contribution < 1.29 is 13.2 Å². The first-order valence-corrected chi connectivity index (χ1v) is 7.29. The maximum absolute atomic E-state index is 12.2. The molecule has 0 radical (unpaired) electrons. The Balaban J connectivity index is 2.33. The largest absolute Gasteiger partial charge is 0.497 e. The van der Waals surface area contributed by atoms with Crippen LogP contribution in [0.2, 0.25) is 0 Å². The summed E-state index contributed by atoms with van der Waals surface area (Å²) in [6.45, 7) is 1.82. The molecule has 2 rings (SSSR count). The third-order valence-electron chi connectivity index (χ3n) is 2.67. The monoisotopic (exact) mass is 293 g/mol. The number of hydrogen-bond donors (Lipinski definition) is 2. The van der Waals surface area contributed by atoms with Crippen LogP contribution in [0.25, 0.3) is 0 Å². The van der Waals surface area contributed by atoms with Crippen LogP contribution in [0.3, 0.4) is 0 Å². The normalized spacial score (nSPS) is 11.1. The average Bonchev–Trinajstić information content (AvgIpc) is 2.40. The van der Waals surface area contributed by atoms with Crippen LogP contribution >= 0.6 is 0 Å². The first kappa shape index (κ1) is 14.1. The highest BCUT2D eigenvalue weighted by molar-refractivity contribution is 7.92. The summed E-state index contributed by atoms with van der Waals surface area (Å²) in [5, 5.41) is 0. The summed E-state index contributed by atoms with van der Waals surface area (Å²) < 4.78 is 31.9. The molecule has 0 spiro atoms. The van der Waals surface area contributed by atoms with E-state index in [9.17, 15) is 8.42 Å². The van der Waals surface area contributed by atoms with Crippen molar-refractivity contribution >= 4 is 21.4 Å². The van der Waals surface area contributed by atoms with E-state index in [1.54, 1.807) is 12.1 Å². The van der Waals surface area contributed by atoms with Gasteiger partial charge in [-0.15, -0.1) is 0 Å². The van der Waals surface area contributed by atoms with Crippen LogP contribution in [0.1, 0.15) is 5.69 Å². The first-order valence-electron chi connectivity index (χ1n) is 5.81. The molecule has 0 fully saturated rings. The fourth-order valence-electron chi connectivity index (χ4n) is 1.64. The van der Waals surface area contributed by atoms with Crippen molar-refractivity contribution in [2.24, 2.45) is 0 Å². The summed E-state index contributed by atoms with van der Waals surface area (Å²) >= 11 is 0. The van der Waals surface area contributed by atoms with Gasteiger partial charge in [0.1, 0.15) is 10.6 Å². The summed E-state index contributed by atoms with van der Waals surface area (Å²) in [4.78, 5) is 4.03. The Morgan fingerprint density at radius 3 is 2.55 bits per heavy atom. The lowest BCUT2D eigenvalue weighted by atomic mass is 10.3. The summed E-state index contributed by atoms with van der Waals surface area (Å²) in [6.07, 6.45) is 1.45. The lowest BCUT2D eigenvalue weighted by molar-refractivity contribution is 0.414. The summed E-state index contributed by atoms with van der Waals surface area (Å²) in [5.74, 6) is 0.499. The summed E-state index contributed by atoms with van der Waals surface area (Å²) in [5.41, 5.74) is 7.05. The Kier molecular flexibility index (Phi) is 3.80. The molecule has 106 valence electrons. The van der Waals surface area contributed by atoms with Gasteiger partial charge in [-0.3, -0.25) is 9.71 Å². The molecular formula is C13H15N3O3S. The van der Waals surface area contributed by atoms with Crippen LogP contribution in [-0.4, -0.2) is 20.5 Å². The van der Waals surface area contributed by atoms with Gasteiger partial charge >= 0.3 is 0 Å². The highest BCUT2D eigenvalue weighted by atomic mass is 32.2. The van der Waals surface area contributed by atoms with Gasteiger partial charge in [-0.1, -0.05) is 0 Å². The van der Waals surface area contributed by atoms with E-state index in [0.29, 0.717) is 11.4 Å². The average molecular weight is 293 g/mol. The number of nitrogens with two attached hydrogens (primary N) is 1. The quantitative estimate of drug-likeness (QED) is 0.838. The molecule has 0 saturated heterocycles. The topological polar surface area (TPSA) is 94.3 Å². The number of aryl methyl sites for hydroxylation is 1. The van der Waals surface area contributed by atoms with Gasteiger partial charge in [0.2, 0.25) is 0 Å². The van der Waals surface area contributed by atoms with Crippen LogP contribution in [0, 0.1) is 6.92 Å². The lowest BCUT2D eigenvalue weighted by Gasteiger charge is -2.11. The fourth-order valence-corrected chi connectivity index (χ4v) is 2.79. The minimum absolute atomic E-state index is 0.00104. The zero-order valence-electron chi connectivity index (χ0n) is 11.1. The highest BCUT2D eigenvalue weighted by Crippen LogP contribution is 2.25. The Labute approximate surface area is 117 Å². The van der Waals surface area contributed by atoms with Gasteiger partial charge in [0.15, 0.2) is 0 Å². The van der Waals surface area contributed by atoms with E-state index in [-0.39, 0.29) is 10.6 Å². The van der Waals surface area contributed by atoms with Gasteiger partial charge in [0.25, 0.3) is 10.0 Å². The third-order valence-corrected chi connectivity index (χ3v) is 4.13. The van der Waals surface area contributed by atoms with E-state index in [1.807, 2.05) is 6.92 Å². The van der Waals surface area contributed by atoms with Gasteiger partial charge in [-0.05, 0) is 31.2 Å². The number of ether oxygens (including phenoxy) is 1. The molecule has 0 atom stereocenters. The van der Waals surface area contributed by atoms with Crippen molar-refractivity contribution in [3.8, 4) is 5.75 Å². The molecule has 0 aliphatic rings. The minimum Gasteiger partial charge on any atom is -0.497 e. The molecule has 0 bridgehead atoms. The third kappa shape index (κ3) is 3.00. The number of pyridine rings is 1. The van der Waals surface area contributed by atoms with Crippen molar-refractivity contribution in [2.45, 2.75) is 11.8 Å². The molecule has 7 heteroatoms. The van der Waals surface area contributed by atoms with E-state index in [2.05, 4.69) is 9.71 Å². The van der Waals surface area contributed by atoms with Crippen molar-refractivity contribution in [2.75, 3.05) is 17.6 Å². The predicted octanol–water partition coefficient (Wildman–Crippen LogP) is 1.78. The van der Waals surface area contributed by atoms with Gasteiger partial charge in [0, 0.05) is 11.8 Å². The Hall–Kier alpha value is -2.28. The zero-order valence-corrected chi connectivity index (χ0v) is 11.9. The first-order chi connectivity index (χ1) is 9.42. The number of benzene rings is 1. The molecule has 0 aliphatic heterocycles. The number of hydrogen-bond acceptors (Lipinski definition) is 5. The van der Waals surface area contributed by atoms with Crippen molar-refractivity contribution in [1.29, 1.82) is 0 Å². The number of rotatable bonds is 4. The van der Waals surface area contributed by atoms with Crippen LogP contribution in [-0.2, 0) is 10.0 Å². The lowest BCUT2D eigenvalue weighted by Crippen LogP contribution is -2.15. The predicted molar refractivity (Wildman–Crippen MR) is 77.2 cm³/mol. The second-order valence-electron chi connectivity index (χ2n) is 4.20. The van der Waals surface area contributed by atoms with Crippen LogP contribution in [0.5, 0.6) is 5.75 Å². The molecule has 3 N–H and O–H groups in total. The number of methoxy groups -OCH3 is 1. The highest BCUT2D eigenvalue weighted by Gasteiger charge is 2.18. The van der Waals surface area contributed by atoms with Crippen LogP contribution in [0.4, 0.5) is 11.4 Å². The molecule has 0 amide bonds. The number of anilines is 2. The SMILES string of the molecule is COc1ccc(S(=O)(=O)Nc2ccc(C)nc2)c(N)c1. The number of nitrogen functional groups attached to an aromatic ring is 1. The second kappa shape index (κ2) is 5.38. The van der Waals surface area contributed by atoms with Gasteiger partial charge < -0.3 is 10.5 Å². The Morgan fingerprint density at radius 1 is 1.25 bits per heavy atom. The molecule has 20 heavy (non-hydrogen) atoms. The maximum atomic E-state index is 12.2. The molecule has 6 nitrogen and oxygen atoms in total. The fraction of sp³-hybridized carbons (Fsp3) is 0.154. The summed E-state index contributed by atoms with van der Waals surface area (Å²) in [6, 6.07) is 7.76. The van der Waals surface area contributed by atoms with E-state index in [1.165, 1.54) is 31.5 Å². The molecule has 1 aromatic heterocycles. The van der Waals surface area contributed by atoms with Crippen molar-refractivity contribution in [3.63, 3.8) is 0 Å². The van der Waals surface area contributed by atoms with Gasteiger partial charge in [0.05, 0.1) is 24.7 Å². The van der Waals surface area contributed by atoms with E-state index in [4.69, 9.17) is 10.5 Å². The number of sulfonamides is 1. The zero-order chi connectivity index (χ0) is 14.8. The van der Waals surface area contributed by atoms with Crippen molar-refractivity contribution in [3.05, 3.63) is 42.2 Å². The number of nitrogens with zero attached hydrogens (tertiary/aromatic N) is 1. The van der Waals surface area contributed by atoms with E-state index >= 15 is 0 Å². The molecule has 0 aliphatic carbocycles. The maximum Gasteiger partial charge on any atom is 0.263 e. The number of nitrogens with one attached hydrogen (secondary N) is 1. The van der Waals surface area contributed by atoms with Gasteiger partial charge in [-0.25, -0.2) is 8.42 Å². The van der Waals surface area contributed by atoms with E-state index < -0.39 is 10.0 Å². The Morgan fingerprint density at radius 2 is 2.00 bits per heavy atom. The molecule has 1 aromatic carbocycles. The number of aromatic nitrogens is 1. The standard InChI is InChI=1S/C13H15N3O3S/c1-9-3-4-10(8-15-9)16-20(17,18)13-6-5-11(19-2)7-12(13)14/h3-8,16H,14H2,1-2H3. The molecule has 1 heterocycles. The second-order valence-corrected chi connectivity index (χ2v) is 5.85. The van der Waals surface area contributed by atoms with Crippen LogP contribution in [0.15, 0.2) is 41.4 Å². The molecular weight excluding hydrogens is 278 g/mol. The minimum atomic E-state index is -3.75. The van der Waals surface area contributed by atoms with E-state index in [0.717, 1.165) is 5.69 Å². The van der Waals surface area contributed by atoms with Crippen molar-refractivity contribution in [1.82, 2.24) is 4.98 Å². The Bertz CT molecular complexity index is 712. The van der Waals surface area contributed by atoms with Gasteiger partial charge in [-0.2, -0.15) is 0 Å². The molecule has 2 aromatic rings. The summed E-state index contributed by atoms with van der Waals surface area (Å²) in [7, 11) is -2.27. The molecule has 0 saturated carbocycles.